The standard InChI is InChI=1S/C9H16ClN2O2/c10-9-7-12(3-6-14-9)8-11-1-4-13-5-2-11/h8-9H,1-7H2/q+1. The van der Waals surface area contributed by atoms with Gasteiger partial charge in [-0.05, 0) is 0 Å². The van der Waals surface area contributed by atoms with Crippen LogP contribution in [0.3, 0.4) is 0 Å². The molecular formula is C9H16ClN2O2+. The number of rotatable bonds is 1. The summed E-state index contributed by atoms with van der Waals surface area (Å²) in [5.41, 5.74) is -0.166. The number of nitrogens with zero attached hydrogens (tertiary/aromatic N) is 2. The van der Waals surface area contributed by atoms with E-state index in [1.54, 1.807) is 0 Å². The van der Waals surface area contributed by atoms with Gasteiger partial charge in [0.2, 0.25) is 6.34 Å². The van der Waals surface area contributed by atoms with Crippen molar-refractivity contribution in [1.29, 1.82) is 0 Å². The Labute approximate surface area is 89.0 Å². The Hall–Kier alpha value is -0.320. The quantitative estimate of drug-likeness (QED) is 0.351. The Morgan fingerprint density at radius 2 is 2.07 bits per heavy atom. The predicted octanol–water partition coefficient (Wildman–Crippen LogP) is -0.0455. The lowest BCUT2D eigenvalue weighted by atomic mass is 10.4. The molecule has 0 aliphatic carbocycles. The molecule has 0 spiro atoms. The van der Waals surface area contributed by atoms with E-state index in [0.717, 1.165) is 46.0 Å². The third-order valence-corrected chi connectivity index (χ3v) is 2.69. The molecule has 0 aromatic carbocycles. The second-order valence-corrected chi connectivity index (χ2v) is 4.03. The van der Waals surface area contributed by atoms with Crippen molar-refractivity contribution < 1.29 is 14.0 Å². The molecule has 0 saturated carbocycles. The van der Waals surface area contributed by atoms with Gasteiger partial charge in [0, 0.05) is 0 Å². The molecule has 2 heterocycles. The van der Waals surface area contributed by atoms with E-state index < -0.39 is 0 Å². The SMILES string of the molecule is ClC1C[N+](=CN2CCOCC2)CCO1. The average Bonchev–Trinajstić information content (AvgIpc) is 2.19. The molecule has 14 heavy (non-hydrogen) atoms. The number of hydrogen-bond acceptors (Lipinski definition) is 2. The number of hydrogen-bond donors (Lipinski definition) is 0. The third kappa shape index (κ3) is 2.83. The van der Waals surface area contributed by atoms with E-state index in [1.807, 2.05) is 0 Å². The molecule has 0 bridgehead atoms. The molecule has 0 radical (unpaired) electrons. The van der Waals surface area contributed by atoms with Gasteiger partial charge in [-0.2, -0.15) is 0 Å². The molecule has 1 unspecified atom stereocenters. The molecule has 0 amide bonds. The van der Waals surface area contributed by atoms with Crippen LogP contribution in [0, 0.1) is 0 Å². The van der Waals surface area contributed by atoms with Crippen molar-refractivity contribution in [3.8, 4) is 0 Å². The van der Waals surface area contributed by atoms with Gasteiger partial charge >= 0.3 is 0 Å². The zero-order valence-corrected chi connectivity index (χ0v) is 8.95. The lowest BCUT2D eigenvalue weighted by Crippen LogP contribution is -2.42. The topological polar surface area (TPSA) is 24.7 Å². The molecule has 2 aliphatic rings. The molecule has 2 rings (SSSR count). The second-order valence-electron chi connectivity index (χ2n) is 3.54. The lowest BCUT2D eigenvalue weighted by molar-refractivity contribution is -0.553. The predicted molar refractivity (Wildman–Crippen MR) is 54.0 cm³/mol. The normalized spacial score (nSPS) is 32.2. The summed E-state index contributed by atoms with van der Waals surface area (Å²) in [6.45, 7) is 6.03. The summed E-state index contributed by atoms with van der Waals surface area (Å²) in [6, 6.07) is 0. The highest BCUT2D eigenvalue weighted by Gasteiger charge is 2.19. The van der Waals surface area contributed by atoms with Gasteiger partial charge < -0.3 is 9.47 Å². The first-order valence-corrected chi connectivity index (χ1v) is 5.45. The van der Waals surface area contributed by atoms with Gasteiger partial charge in [0.15, 0.2) is 5.56 Å². The largest absolute Gasteiger partial charge is 0.373 e. The van der Waals surface area contributed by atoms with Crippen LogP contribution in [-0.4, -0.2) is 67.4 Å². The minimum atomic E-state index is -0.166. The Morgan fingerprint density at radius 3 is 2.79 bits per heavy atom. The lowest BCUT2D eigenvalue weighted by Gasteiger charge is -2.23. The number of alkyl halides is 1. The maximum absolute atomic E-state index is 5.90. The van der Waals surface area contributed by atoms with E-state index in [-0.39, 0.29) is 5.56 Å². The van der Waals surface area contributed by atoms with Crippen LogP contribution in [0.25, 0.3) is 0 Å². The minimum Gasteiger partial charge on any atom is -0.373 e. The van der Waals surface area contributed by atoms with Crippen molar-refractivity contribution in [3.63, 3.8) is 0 Å². The van der Waals surface area contributed by atoms with E-state index >= 15 is 0 Å². The molecule has 2 fully saturated rings. The maximum Gasteiger partial charge on any atom is 0.234 e. The fourth-order valence-electron chi connectivity index (χ4n) is 1.65. The highest BCUT2D eigenvalue weighted by atomic mass is 35.5. The Kier molecular flexibility index (Phi) is 3.61. The maximum atomic E-state index is 5.90. The molecule has 1 atom stereocenters. The molecule has 2 saturated heterocycles. The Morgan fingerprint density at radius 1 is 1.29 bits per heavy atom. The van der Waals surface area contributed by atoms with Gasteiger partial charge in [0.25, 0.3) is 0 Å². The molecule has 0 N–H and O–H groups in total. The van der Waals surface area contributed by atoms with Gasteiger partial charge in [-0.1, -0.05) is 11.6 Å². The zero-order valence-electron chi connectivity index (χ0n) is 8.19. The van der Waals surface area contributed by atoms with Crippen molar-refractivity contribution in [3.05, 3.63) is 0 Å². The van der Waals surface area contributed by atoms with Crippen molar-refractivity contribution in [1.82, 2.24) is 4.90 Å². The number of morpholine rings is 2. The van der Waals surface area contributed by atoms with Crippen LogP contribution in [-0.2, 0) is 9.47 Å². The summed E-state index contributed by atoms with van der Waals surface area (Å²) in [5.74, 6) is 0. The van der Waals surface area contributed by atoms with E-state index in [4.69, 9.17) is 21.1 Å². The first-order valence-electron chi connectivity index (χ1n) is 5.01. The van der Waals surface area contributed by atoms with Gasteiger partial charge in [0.1, 0.15) is 26.2 Å². The van der Waals surface area contributed by atoms with E-state index in [9.17, 15) is 0 Å². The Balaban J connectivity index is 1.88. The van der Waals surface area contributed by atoms with Crippen LogP contribution >= 0.6 is 11.6 Å². The second kappa shape index (κ2) is 4.96. The summed E-state index contributed by atoms with van der Waals surface area (Å²) in [5, 5.41) is 0. The monoisotopic (exact) mass is 219 g/mol. The van der Waals surface area contributed by atoms with Crippen molar-refractivity contribution >= 4 is 17.9 Å². The fourth-order valence-corrected chi connectivity index (χ4v) is 1.92. The highest BCUT2D eigenvalue weighted by molar-refractivity contribution is 6.19. The third-order valence-electron chi connectivity index (χ3n) is 2.43. The van der Waals surface area contributed by atoms with Gasteiger partial charge in [0.05, 0.1) is 19.8 Å². The molecule has 80 valence electrons. The summed E-state index contributed by atoms with van der Waals surface area (Å²) < 4.78 is 12.8. The number of halogens is 1. The van der Waals surface area contributed by atoms with Crippen molar-refractivity contribution in [2.75, 3.05) is 46.0 Å². The van der Waals surface area contributed by atoms with E-state index in [1.165, 1.54) is 0 Å². The zero-order chi connectivity index (χ0) is 9.80. The average molecular weight is 220 g/mol. The highest BCUT2D eigenvalue weighted by Crippen LogP contribution is 2.04. The van der Waals surface area contributed by atoms with Crippen LogP contribution in [0.15, 0.2) is 0 Å². The van der Waals surface area contributed by atoms with Gasteiger partial charge in [-0.25, -0.2) is 0 Å². The van der Waals surface area contributed by atoms with E-state index in [0.29, 0.717) is 0 Å². The van der Waals surface area contributed by atoms with Gasteiger partial charge in [-0.15, -0.1) is 0 Å². The first kappa shape index (κ1) is 10.2. The smallest absolute Gasteiger partial charge is 0.234 e. The van der Waals surface area contributed by atoms with Gasteiger partial charge in [-0.3, -0.25) is 9.48 Å². The molecule has 4 nitrogen and oxygen atoms in total. The summed E-state index contributed by atoms with van der Waals surface area (Å²) in [7, 11) is 0. The first-order chi connectivity index (χ1) is 6.84. The van der Waals surface area contributed by atoms with Crippen LogP contribution in [0.5, 0.6) is 0 Å². The molecule has 0 aromatic rings. The summed E-state index contributed by atoms with van der Waals surface area (Å²) in [4.78, 5) is 2.28. The van der Waals surface area contributed by atoms with Crippen molar-refractivity contribution in [2.45, 2.75) is 5.56 Å². The summed E-state index contributed by atoms with van der Waals surface area (Å²) >= 11 is 5.90. The number of ether oxygens (including phenoxy) is 2. The van der Waals surface area contributed by atoms with E-state index in [2.05, 4.69) is 15.8 Å². The molecule has 0 aromatic heterocycles. The van der Waals surface area contributed by atoms with Crippen LogP contribution in [0.2, 0.25) is 0 Å². The van der Waals surface area contributed by atoms with Crippen LogP contribution in [0.4, 0.5) is 0 Å². The minimum absolute atomic E-state index is 0.166. The fraction of sp³-hybridized carbons (Fsp3) is 0.889. The molecule has 5 heteroatoms. The molecular weight excluding hydrogens is 204 g/mol. The molecule has 2 aliphatic heterocycles. The van der Waals surface area contributed by atoms with Crippen LogP contribution < -0.4 is 0 Å². The van der Waals surface area contributed by atoms with Crippen LogP contribution in [0.1, 0.15) is 0 Å². The van der Waals surface area contributed by atoms with Crippen molar-refractivity contribution in [2.24, 2.45) is 0 Å². The Bertz CT molecular complexity index is 217. The summed E-state index contributed by atoms with van der Waals surface area (Å²) in [6.07, 6.45) is 2.15.